The van der Waals surface area contributed by atoms with E-state index in [1.54, 1.807) is 48.9 Å². The van der Waals surface area contributed by atoms with Crippen LogP contribution in [0.4, 0.5) is 5.69 Å². The van der Waals surface area contributed by atoms with E-state index in [1.165, 1.54) is 0 Å². The fraction of sp³-hybridized carbons (Fsp3) is 0.273. The lowest BCUT2D eigenvalue weighted by Crippen LogP contribution is -2.37. The lowest BCUT2D eigenvalue weighted by Gasteiger charge is -2.14. The third-order valence-corrected chi connectivity index (χ3v) is 5.11. The summed E-state index contributed by atoms with van der Waals surface area (Å²) in [6.07, 6.45) is 5.54. The molecular weight excluding hydrogens is 446 g/mol. The first-order valence-electron chi connectivity index (χ1n) is 10.3. The number of amides is 1. The van der Waals surface area contributed by atoms with Crippen molar-refractivity contribution in [1.82, 2.24) is 20.2 Å². The molecule has 11 heteroatoms. The molecule has 1 unspecified atom stereocenters. The largest absolute Gasteiger partial charge is 0.491 e. The van der Waals surface area contributed by atoms with Gasteiger partial charge in [-0.2, -0.15) is 0 Å². The molecule has 0 saturated carbocycles. The van der Waals surface area contributed by atoms with E-state index < -0.39 is 16.1 Å². The maximum Gasteiger partial charge on any atom is 0.251 e. The van der Waals surface area contributed by atoms with E-state index in [0.29, 0.717) is 36.6 Å². The van der Waals surface area contributed by atoms with Crippen LogP contribution in [0.25, 0.3) is 5.69 Å². The zero-order valence-electron chi connectivity index (χ0n) is 18.1. The summed E-state index contributed by atoms with van der Waals surface area (Å²) in [6.45, 7) is 1.26. The Balaban J connectivity index is 1.30. The Morgan fingerprint density at radius 3 is 2.48 bits per heavy atom. The Kier molecular flexibility index (Phi) is 8.41. The molecule has 0 aliphatic rings. The van der Waals surface area contributed by atoms with E-state index in [2.05, 4.69) is 20.3 Å². The van der Waals surface area contributed by atoms with Crippen LogP contribution in [0, 0.1) is 0 Å². The van der Waals surface area contributed by atoms with Crippen molar-refractivity contribution >= 4 is 21.6 Å². The molecule has 3 aromatic rings. The van der Waals surface area contributed by atoms with Crippen LogP contribution in [0.15, 0.2) is 67.3 Å². The zero-order chi connectivity index (χ0) is 23.7. The second-order valence-electron chi connectivity index (χ2n) is 7.34. The standard InChI is InChI=1S/C22H27N5O5S/c1-33(30,31)26-18-4-8-21(9-5-18)32-15-20(28)14-23-10-11-25-22(29)17-2-6-19(7-3-17)27-13-12-24-16-27/h2-9,12-13,16,20,23,26,28H,10-11,14-15H2,1H3,(H,25,29). The van der Waals surface area contributed by atoms with Gasteiger partial charge in [-0.25, -0.2) is 13.4 Å². The zero-order valence-corrected chi connectivity index (χ0v) is 19.0. The Morgan fingerprint density at radius 1 is 1.12 bits per heavy atom. The average molecular weight is 474 g/mol. The number of nitrogens with zero attached hydrogens (tertiary/aromatic N) is 2. The minimum absolute atomic E-state index is 0.0709. The van der Waals surface area contributed by atoms with Gasteiger partial charge in [-0.3, -0.25) is 9.52 Å². The van der Waals surface area contributed by atoms with Gasteiger partial charge in [0.15, 0.2) is 0 Å². The van der Waals surface area contributed by atoms with E-state index >= 15 is 0 Å². The molecule has 0 aliphatic carbocycles. The van der Waals surface area contributed by atoms with Crippen LogP contribution < -0.4 is 20.1 Å². The molecule has 1 heterocycles. The van der Waals surface area contributed by atoms with Crippen molar-refractivity contribution in [2.45, 2.75) is 6.10 Å². The Hall–Kier alpha value is -3.41. The van der Waals surface area contributed by atoms with Crippen LogP contribution in [0.1, 0.15) is 10.4 Å². The van der Waals surface area contributed by atoms with E-state index in [4.69, 9.17) is 4.74 Å². The van der Waals surface area contributed by atoms with E-state index in [1.807, 2.05) is 22.9 Å². The smallest absolute Gasteiger partial charge is 0.251 e. The lowest BCUT2D eigenvalue weighted by atomic mass is 10.2. The Morgan fingerprint density at radius 2 is 1.85 bits per heavy atom. The minimum Gasteiger partial charge on any atom is -0.491 e. The lowest BCUT2D eigenvalue weighted by molar-refractivity contribution is 0.0950. The predicted octanol–water partition coefficient (Wildman–Crippen LogP) is 1.00. The number of imidazole rings is 1. The number of carbonyl (C=O) groups excluding carboxylic acids is 1. The van der Waals surface area contributed by atoms with Crippen molar-refractivity contribution < 1.29 is 23.1 Å². The highest BCUT2D eigenvalue weighted by atomic mass is 32.2. The van der Waals surface area contributed by atoms with Crippen molar-refractivity contribution in [2.24, 2.45) is 0 Å². The normalized spacial score (nSPS) is 12.2. The van der Waals surface area contributed by atoms with Gasteiger partial charge in [0.2, 0.25) is 10.0 Å². The molecule has 33 heavy (non-hydrogen) atoms. The highest BCUT2D eigenvalue weighted by molar-refractivity contribution is 7.92. The van der Waals surface area contributed by atoms with Crippen molar-refractivity contribution in [1.29, 1.82) is 0 Å². The van der Waals surface area contributed by atoms with Crippen LogP contribution >= 0.6 is 0 Å². The van der Waals surface area contributed by atoms with Gasteiger partial charge in [0.25, 0.3) is 5.91 Å². The third-order valence-electron chi connectivity index (χ3n) is 4.50. The monoisotopic (exact) mass is 473 g/mol. The second-order valence-corrected chi connectivity index (χ2v) is 9.09. The van der Waals surface area contributed by atoms with E-state index in [9.17, 15) is 18.3 Å². The molecule has 0 radical (unpaired) electrons. The van der Waals surface area contributed by atoms with Crippen LogP contribution in [-0.2, 0) is 10.0 Å². The van der Waals surface area contributed by atoms with Crippen LogP contribution in [0.3, 0.4) is 0 Å². The van der Waals surface area contributed by atoms with Gasteiger partial charge in [0, 0.05) is 49.0 Å². The van der Waals surface area contributed by atoms with E-state index in [-0.39, 0.29) is 12.5 Å². The summed E-state index contributed by atoms with van der Waals surface area (Å²) in [5, 5.41) is 15.9. The number of aliphatic hydroxyl groups excluding tert-OH is 1. The van der Waals surface area contributed by atoms with Gasteiger partial charge in [0.05, 0.1) is 12.6 Å². The van der Waals surface area contributed by atoms with Gasteiger partial charge < -0.3 is 25.0 Å². The molecule has 3 rings (SSSR count). The quantitative estimate of drug-likeness (QED) is 0.288. The average Bonchev–Trinajstić information content (AvgIpc) is 3.32. The summed E-state index contributed by atoms with van der Waals surface area (Å²) >= 11 is 0. The number of hydrogen-bond donors (Lipinski definition) is 4. The first-order valence-corrected chi connectivity index (χ1v) is 12.2. The second kappa shape index (κ2) is 11.5. The van der Waals surface area contributed by atoms with Gasteiger partial charge in [0.1, 0.15) is 18.5 Å². The van der Waals surface area contributed by atoms with Gasteiger partial charge in [-0.05, 0) is 48.5 Å². The number of hydrogen-bond acceptors (Lipinski definition) is 7. The maximum atomic E-state index is 12.2. The fourth-order valence-corrected chi connectivity index (χ4v) is 3.48. The van der Waals surface area contributed by atoms with Crippen LogP contribution in [0.5, 0.6) is 5.75 Å². The predicted molar refractivity (Wildman–Crippen MR) is 125 cm³/mol. The maximum absolute atomic E-state index is 12.2. The molecule has 0 spiro atoms. The summed E-state index contributed by atoms with van der Waals surface area (Å²) in [5.74, 6) is 0.339. The highest BCUT2D eigenvalue weighted by Crippen LogP contribution is 2.16. The van der Waals surface area contributed by atoms with Gasteiger partial charge in [-0.1, -0.05) is 0 Å². The first-order chi connectivity index (χ1) is 15.8. The number of aliphatic hydroxyl groups is 1. The number of ether oxygens (including phenoxy) is 1. The summed E-state index contributed by atoms with van der Waals surface area (Å²) in [6, 6.07) is 13.6. The molecule has 2 aromatic carbocycles. The fourth-order valence-electron chi connectivity index (χ4n) is 2.92. The molecule has 0 fully saturated rings. The molecule has 10 nitrogen and oxygen atoms in total. The van der Waals surface area contributed by atoms with Gasteiger partial charge in [-0.15, -0.1) is 0 Å². The minimum atomic E-state index is -3.33. The van der Waals surface area contributed by atoms with Crippen LogP contribution in [0.2, 0.25) is 0 Å². The third kappa shape index (κ3) is 8.22. The number of rotatable bonds is 12. The topological polar surface area (TPSA) is 135 Å². The molecular formula is C22H27N5O5S. The highest BCUT2D eigenvalue weighted by Gasteiger charge is 2.08. The Bertz CT molecular complexity index is 1120. The number of aromatic nitrogens is 2. The SMILES string of the molecule is CS(=O)(=O)Nc1ccc(OCC(O)CNCCNC(=O)c2ccc(-n3ccnc3)cc2)cc1. The molecule has 1 atom stereocenters. The summed E-state index contributed by atoms with van der Waals surface area (Å²) < 4.78 is 32.1. The summed E-state index contributed by atoms with van der Waals surface area (Å²) in [7, 11) is -3.33. The van der Waals surface area contributed by atoms with Crippen LogP contribution in [-0.4, -0.2) is 67.6 Å². The Labute approximate surface area is 192 Å². The number of sulfonamides is 1. The first kappa shape index (κ1) is 24.2. The molecule has 4 N–H and O–H groups in total. The molecule has 1 aromatic heterocycles. The number of benzene rings is 2. The number of nitrogens with one attached hydrogen (secondary N) is 3. The van der Waals surface area contributed by atoms with Crippen molar-refractivity contribution in [3.8, 4) is 11.4 Å². The summed E-state index contributed by atoms with van der Waals surface area (Å²) in [5.41, 5.74) is 1.91. The van der Waals surface area contributed by atoms with Crippen molar-refractivity contribution in [3.63, 3.8) is 0 Å². The molecule has 0 aliphatic heterocycles. The molecule has 176 valence electrons. The number of carbonyl (C=O) groups is 1. The van der Waals surface area contributed by atoms with Gasteiger partial charge >= 0.3 is 0 Å². The van der Waals surface area contributed by atoms with Crippen molar-refractivity contribution in [3.05, 3.63) is 72.8 Å². The van der Waals surface area contributed by atoms with Crippen molar-refractivity contribution in [2.75, 3.05) is 37.2 Å². The molecule has 1 amide bonds. The molecule has 0 bridgehead atoms. The number of anilines is 1. The summed E-state index contributed by atoms with van der Waals surface area (Å²) in [4.78, 5) is 16.2. The molecule has 0 saturated heterocycles. The van der Waals surface area contributed by atoms with E-state index in [0.717, 1.165) is 11.9 Å².